The van der Waals surface area contributed by atoms with Crippen molar-refractivity contribution in [3.8, 4) is 5.75 Å². The van der Waals surface area contributed by atoms with Gasteiger partial charge in [-0.3, -0.25) is 4.79 Å². The van der Waals surface area contributed by atoms with Gasteiger partial charge in [-0.15, -0.1) is 12.4 Å². The Kier molecular flexibility index (Phi) is 9.84. The quantitative estimate of drug-likeness (QED) is 0.802. The van der Waals surface area contributed by atoms with Gasteiger partial charge < -0.3 is 15.4 Å². The van der Waals surface area contributed by atoms with Gasteiger partial charge in [0.15, 0.2) is 0 Å². The van der Waals surface area contributed by atoms with Crippen LogP contribution in [0.4, 0.5) is 0 Å². The number of nitrogens with two attached hydrogens (primary N) is 1. The van der Waals surface area contributed by atoms with Crippen molar-refractivity contribution in [3.05, 3.63) is 29.8 Å². The average molecular weight is 315 g/mol. The van der Waals surface area contributed by atoms with E-state index in [2.05, 4.69) is 12.1 Å². The van der Waals surface area contributed by atoms with Crippen LogP contribution in [-0.2, 0) is 11.2 Å². The van der Waals surface area contributed by atoms with Crippen molar-refractivity contribution in [2.45, 2.75) is 38.6 Å². The minimum absolute atomic E-state index is 0. The fourth-order valence-corrected chi connectivity index (χ4v) is 2.14. The molecule has 0 saturated carbocycles. The third kappa shape index (κ3) is 6.82. The Morgan fingerprint density at radius 1 is 1.33 bits per heavy atom. The lowest BCUT2D eigenvalue weighted by molar-refractivity contribution is -0.131. The summed E-state index contributed by atoms with van der Waals surface area (Å²) in [6.07, 6.45) is 3.58. The van der Waals surface area contributed by atoms with Gasteiger partial charge in [-0.2, -0.15) is 0 Å². The zero-order valence-corrected chi connectivity index (χ0v) is 14.0. The molecule has 1 aromatic carbocycles. The summed E-state index contributed by atoms with van der Waals surface area (Å²) in [5.74, 6) is 0.910. The molecule has 1 atom stereocenters. The molecule has 0 fully saturated rings. The Morgan fingerprint density at radius 3 is 2.48 bits per heavy atom. The van der Waals surface area contributed by atoms with E-state index in [1.54, 1.807) is 12.0 Å². The number of halogens is 1. The average Bonchev–Trinajstić information content (AvgIpc) is 2.47. The van der Waals surface area contributed by atoms with E-state index in [0.717, 1.165) is 38.0 Å². The molecule has 0 radical (unpaired) electrons. The number of carbonyl (C=O) groups excluding carboxylic acids is 1. The van der Waals surface area contributed by atoms with E-state index in [1.165, 1.54) is 5.56 Å². The van der Waals surface area contributed by atoms with Gasteiger partial charge in [0.05, 0.1) is 13.2 Å². The van der Waals surface area contributed by atoms with E-state index >= 15 is 0 Å². The van der Waals surface area contributed by atoms with Gasteiger partial charge in [0.2, 0.25) is 5.91 Å². The number of hydrogen-bond acceptors (Lipinski definition) is 3. The van der Waals surface area contributed by atoms with Crippen LogP contribution >= 0.6 is 12.4 Å². The standard InChI is InChI=1S/C16H26N2O2.ClH/c1-4-6-15(17)16(19)18(2)12-5-7-13-8-10-14(20-3)11-9-13;/h8-11,15H,4-7,12,17H2,1-3H3;1H. The van der Waals surface area contributed by atoms with Crippen LogP contribution in [0.5, 0.6) is 5.75 Å². The van der Waals surface area contributed by atoms with Crippen molar-refractivity contribution in [2.24, 2.45) is 5.73 Å². The van der Waals surface area contributed by atoms with E-state index in [9.17, 15) is 4.79 Å². The predicted octanol–water partition coefficient (Wildman–Crippen LogP) is 2.64. The lowest BCUT2D eigenvalue weighted by Gasteiger charge is -2.21. The second kappa shape index (κ2) is 10.5. The third-order valence-corrected chi connectivity index (χ3v) is 3.41. The number of ether oxygens (including phenoxy) is 1. The van der Waals surface area contributed by atoms with Crippen molar-refractivity contribution >= 4 is 18.3 Å². The molecule has 1 amide bonds. The summed E-state index contributed by atoms with van der Waals surface area (Å²) >= 11 is 0. The fourth-order valence-electron chi connectivity index (χ4n) is 2.14. The number of carbonyl (C=O) groups is 1. The number of benzene rings is 1. The molecule has 5 heteroatoms. The molecule has 1 aromatic rings. The molecular weight excluding hydrogens is 288 g/mol. The SMILES string of the molecule is CCCC(N)C(=O)N(C)CCCc1ccc(OC)cc1.Cl. The summed E-state index contributed by atoms with van der Waals surface area (Å²) in [6.45, 7) is 2.78. The molecule has 0 heterocycles. The number of methoxy groups -OCH3 is 1. The Balaban J connectivity index is 0.00000400. The van der Waals surface area contributed by atoms with Gasteiger partial charge in [-0.25, -0.2) is 0 Å². The molecular formula is C16H27ClN2O2. The van der Waals surface area contributed by atoms with Gasteiger partial charge in [-0.1, -0.05) is 25.5 Å². The zero-order valence-electron chi connectivity index (χ0n) is 13.2. The van der Waals surface area contributed by atoms with E-state index in [4.69, 9.17) is 10.5 Å². The van der Waals surface area contributed by atoms with Gasteiger partial charge >= 0.3 is 0 Å². The summed E-state index contributed by atoms with van der Waals surface area (Å²) in [7, 11) is 3.49. The summed E-state index contributed by atoms with van der Waals surface area (Å²) in [4.78, 5) is 13.7. The summed E-state index contributed by atoms with van der Waals surface area (Å²) in [6, 6.07) is 7.68. The summed E-state index contributed by atoms with van der Waals surface area (Å²) in [5, 5.41) is 0. The molecule has 4 nitrogen and oxygen atoms in total. The topological polar surface area (TPSA) is 55.6 Å². The van der Waals surface area contributed by atoms with Crippen molar-refractivity contribution in [2.75, 3.05) is 20.7 Å². The largest absolute Gasteiger partial charge is 0.497 e. The highest BCUT2D eigenvalue weighted by atomic mass is 35.5. The van der Waals surface area contributed by atoms with Crippen molar-refractivity contribution < 1.29 is 9.53 Å². The maximum atomic E-state index is 11.9. The molecule has 0 aliphatic carbocycles. The van der Waals surface area contributed by atoms with Crippen molar-refractivity contribution in [1.82, 2.24) is 4.90 Å². The monoisotopic (exact) mass is 314 g/mol. The van der Waals surface area contributed by atoms with Crippen LogP contribution in [0.25, 0.3) is 0 Å². The van der Waals surface area contributed by atoms with E-state index < -0.39 is 0 Å². The van der Waals surface area contributed by atoms with Gasteiger partial charge in [0.1, 0.15) is 5.75 Å². The van der Waals surface area contributed by atoms with E-state index in [0.29, 0.717) is 0 Å². The first-order valence-corrected chi connectivity index (χ1v) is 7.22. The second-order valence-corrected chi connectivity index (χ2v) is 5.11. The Morgan fingerprint density at radius 2 is 1.95 bits per heavy atom. The normalized spacial score (nSPS) is 11.4. The van der Waals surface area contributed by atoms with Crippen LogP contribution in [0.2, 0.25) is 0 Å². The Labute approximate surface area is 134 Å². The molecule has 1 rings (SSSR count). The molecule has 0 aliphatic rings. The van der Waals surface area contributed by atoms with E-state index in [-0.39, 0.29) is 24.4 Å². The minimum Gasteiger partial charge on any atom is -0.497 e. The zero-order chi connectivity index (χ0) is 15.0. The van der Waals surface area contributed by atoms with Crippen LogP contribution < -0.4 is 10.5 Å². The highest BCUT2D eigenvalue weighted by molar-refractivity contribution is 5.85. The number of rotatable bonds is 8. The predicted molar refractivity (Wildman–Crippen MR) is 89.1 cm³/mol. The van der Waals surface area contributed by atoms with Crippen molar-refractivity contribution in [1.29, 1.82) is 0 Å². The number of amides is 1. The molecule has 0 aliphatic heterocycles. The highest BCUT2D eigenvalue weighted by Gasteiger charge is 2.16. The molecule has 1 unspecified atom stereocenters. The van der Waals surface area contributed by atoms with Gasteiger partial charge in [-0.05, 0) is 37.0 Å². The van der Waals surface area contributed by atoms with E-state index in [1.807, 2.05) is 26.1 Å². The lowest BCUT2D eigenvalue weighted by atomic mass is 10.1. The van der Waals surface area contributed by atoms with Crippen LogP contribution in [0.15, 0.2) is 24.3 Å². The summed E-state index contributed by atoms with van der Waals surface area (Å²) in [5.41, 5.74) is 7.09. The number of nitrogens with zero attached hydrogens (tertiary/aromatic N) is 1. The van der Waals surface area contributed by atoms with Crippen LogP contribution in [0.1, 0.15) is 31.7 Å². The Hall–Kier alpha value is -1.26. The first-order chi connectivity index (χ1) is 9.58. The molecule has 0 spiro atoms. The maximum absolute atomic E-state index is 11.9. The molecule has 0 bridgehead atoms. The fraction of sp³-hybridized carbons (Fsp3) is 0.562. The molecule has 0 saturated heterocycles. The van der Waals surface area contributed by atoms with Crippen molar-refractivity contribution in [3.63, 3.8) is 0 Å². The highest BCUT2D eigenvalue weighted by Crippen LogP contribution is 2.12. The minimum atomic E-state index is -0.356. The van der Waals surface area contributed by atoms with Crippen LogP contribution in [-0.4, -0.2) is 37.6 Å². The number of aryl methyl sites for hydroxylation is 1. The molecule has 21 heavy (non-hydrogen) atoms. The number of hydrogen-bond donors (Lipinski definition) is 1. The first kappa shape index (κ1) is 19.7. The van der Waals surface area contributed by atoms with Crippen LogP contribution in [0, 0.1) is 0 Å². The smallest absolute Gasteiger partial charge is 0.239 e. The Bertz CT molecular complexity index is 409. The third-order valence-electron chi connectivity index (χ3n) is 3.41. The first-order valence-electron chi connectivity index (χ1n) is 7.22. The van der Waals surface area contributed by atoms with Crippen LogP contribution in [0.3, 0.4) is 0 Å². The van der Waals surface area contributed by atoms with Gasteiger partial charge in [0.25, 0.3) is 0 Å². The molecule has 2 N–H and O–H groups in total. The van der Waals surface area contributed by atoms with Gasteiger partial charge in [0, 0.05) is 13.6 Å². The summed E-state index contributed by atoms with van der Waals surface area (Å²) < 4.78 is 5.13. The second-order valence-electron chi connectivity index (χ2n) is 5.11. The molecule has 0 aromatic heterocycles. The number of likely N-dealkylation sites (N-methyl/N-ethyl adjacent to an activating group) is 1. The maximum Gasteiger partial charge on any atom is 0.239 e. The lowest BCUT2D eigenvalue weighted by Crippen LogP contribution is -2.42. The molecule has 120 valence electrons.